The second kappa shape index (κ2) is 10.1. The highest BCUT2D eigenvalue weighted by Gasteiger charge is 2.15. The summed E-state index contributed by atoms with van der Waals surface area (Å²) in [6, 6.07) is 12.6. The molecule has 2 aromatic carbocycles. The van der Waals surface area contributed by atoms with Gasteiger partial charge in [0.1, 0.15) is 11.5 Å². The summed E-state index contributed by atoms with van der Waals surface area (Å²) in [6.07, 6.45) is -0.771. The molecular formula is C18H20N4O5S. The maximum atomic E-state index is 12.1. The summed E-state index contributed by atoms with van der Waals surface area (Å²) < 4.78 is 10.9. The molecule has 9 nitrogen and oxygen atoms in total. The summed E-state index contributed by atoms with van der Waals surface area (Å²) in [4.78, 5) is 22.2. The minimum absolute atomic E-state index is 0.0296. The summed E-state index contributed by atoms with van der Waals surface area (Å²) >= 11 is 5.07. The Morgan fingerprint density at radius 1 is 1.11 bits per heavy atom. The molecule has 0 fully saturated rings. The van der Waals surface area contributed by atoms with E-state index in [1.54, 1.807) is 31.2 Å². The molecule has 1 amide bonds. The molecule has 0 aliphatic rings. The summed E-state index contributed by atoms with van der Waals surface area (Å²) in [6.45, 7) is 4.06. The van der Waals surface area contributed by atoms with Crippen LogP contribution in [0.2, 0.25) is 0 Å². The Kier molecular flexibility index (Phi) is 7.52. The van der Waals surface area contributed by atoms with Crippen molar-refractivity contribution in [3.05, 3.63) is 58.6 Å². The predicted octanol–water partition coefficient (Wildman–Crippen LogP) is 2.78. The van der Waals surface area contributed by atoms with Crippen LogP contribution in [0.5, 0.6) is 11.5 Å². The standard InChI is InChI=1S/C18H20N4O5S/c1-3-26-15-8-10-16(11-9-15)27-12(2)17(23)20-21-18(28)19-13-4-6-14(7-5-13)22(24)25/h4-12H,3H2,1-2H3,(H,20,23)(H2,19,21,28)/t12-/m0/s1. The third kappa shape index (κ3) is 6.40. The van der Waals surface area contributed by atoms with Gasteiger partial charge in [0.25, 0.3) is 11.6 Å². The fourth-order valence-electron chi connectivity index (χ4n) is 2.09. The Morgan fingerprint density at radius 3 is 2.29 bits per heavy atom. The van der Waals surface area contributed by atoms with Crippen molar-refractivity contribution in [2.75, 3.05) is 11.9 Å². The van der Waals surface area contributed by atoms with E-state index in [-0.39, 0.29) is 10.8 Å². The van der Waals surface area contributed by atoms with Crippen molar-refractivity contribution in [2.24, 2.45) is 0 Å². The number of carbonyl (C=O) groups excluding carboxylic acids is 1. The lowest BCUT2D eigenvalue weighted by Gasteiger charge is -2.16. The number of anilines is 1. The highest BCUT2D eigenvalue weighted by atomic mass is 32.1. The van der Waals surface area contributed by atoms with Crippen LogP contribution in [0.25, 0.3) is 0 Å². The van der Waals surface area contributed by atoms with Crippen molar-refractivity contribution in [1.29, 1.82) is 0 Å². The van der Waals surface area contributed by atoms with Crippen molar-refractivity contribution in [1.82, 2.24) is 10.9 Å². The van der Waals surface area contributed by atoms with Crippen LogP contribution >= 0.6 is 12.2 Å². The third-order valence-electron chi connectivity index (χ3n) is 3.45. The molecule has 0 saturated carbocycles. The number of nitrogens with one attached hydrogen (secondary N) is 3. The van der Waals surface area contributed by atoms with E-state index < -0.39 is 16.9 Å². The average Bonchev–Trinajstić information content (AvgIpc) is 2.68. The van der Waals surface area contributed by atoms with E-state index >= 15 is 0 Å². The van der Waals surface area contributed by atoms with E-state index in [0.29, 0.717) is 18.0 Å². The van der Waals surface area contributed by atoms with Crippen molar-refractivity contribution in [3.8, 4) is 11.5 Å². The second-order valence-electron chi connectivity index (χ2n) is 5.54. The monoisotopic (exact) mass is 404 g/mol. The molecule has 0 radical (unpaired) electrons. The van der Waals surface area contributed by atoms with Gasteiger partial charge in [-0.25, -0.2) is 0 Å². The van der Waals surface area contributed by atoms with Gasteiger partial charge < -0.3 is 14.8 Å². The normalized spacial score (nSPS) is 11.1. The number of hydrogen-bond acceptors (Lipinski definition) is 6. The molecule has 3 N–H and O–H groups in total. The first-order valence-corrected chi connectivity index (χ1v) is 8.80. The lowest BCUT2D eigenvalue weighted by atomic mass is 10.3. The molecule has 10 heteroatoms. The minimum atomic E-state index is -0.771. The van der Waals surface area contributed by atoms with E-state index in [1.165, 1.54) is 24.3 Å². The molecule has 0 unspecified atom stereocenters. The van der Waals surface area contributed by atoms with E-state index in [2.05, 4.69) is 16.2 Å². The smallest absolute Gasteiger partial charge is 0.279 e. The van der Waals surface area contributed by atoms with Crippen molar-refractivity contribution < 1.29 is 19.2 Å². The number of benzene rings is 2. The fourth-order valence-corrected chi connectivity index (χ4v) is 2.26. The maximum absolute atomic E-state index is 12.1. The largest absolute Gasteiger partial charge is 0.494 e. The number of ether oxygens (including phenoxy) is 2. The number of rotatable bonds is 7. The lowest BCUT2D eigenvalue weighted by molar-refractivity contribution is -0.384. The molecule has 0 spiro atoms. The number of carbonyl (C=O) groups is 1. The zero-order chi connectivity index (χ0) is 20.5. The Hall–Kier alpha value is -3.40. The Balaban J connectivity index is 1.78. The van der Waals surface area contributed by atoms with Crippen LogP contribution in [0, 0.1) is 10.1 Å². The van der Waals surface area contributed by atoms with Gasteiger partial charge in [0.05, 0.1) is 11.5 Å². The van der Waals surface area contributed by atoms with Gasteiger partial charge in [0, 0.05) is 17.8 Å². The van der Waals surface area contributed by atoms with Gasteiger partial charge in [-0.15, -0.1) is 0 Å². The first-order chi connectivity index (χ1) is 13.4. The SMILES string of the molecule is CCOc1ccc(O[C@@H](C)C(=O)NNC(=S)Nc2ccc([N+](=O)[O-])cc2)cc1. The molecule has 0 heterocycles. The minimum Gasteiger partial charge on any atom is -0.494 e. The number of nitro groups is 1. The predicted molar refractivity (Wildman–Crippen MR) is 108 cm³/mol. The number of non-ortho nitro benzene ring substituents is 1. The summed E-state index contributed by atoms with van der Waals surface area (Å²) in [5.74, 6) is 0.815. The average molecular weight is 404 g/mol. The lowest BCUT2D eigenvalue weighted by Crippen LogP contribution is -2.48. The van der Waals surface area contributed by atoms with Crippen molar-refractivity contribution >= 4 is 34.6 Å². The zero-order valence-electron chi connectivity index (χ0n) is 15.3. The molecule has 0 aliphatic carbocycles. The van der Waals surface area contributed by atoms with Gasteiger partial charge in [-0.1, -0.05) is 0 Å². The number of nitrogens with zero attached hydrogens (tertiary/aromatic N) is 1. The van der Waals surface area contributed by atoms with E-state index in [4.69, 9.17) is 21.7 Å². The van der Waals surface area contributed by atoms with Gasteiger partial charge in [0.15, 0.2) is 11.2 Å². The molecule has 0 bridgehead atoms. The Morgan fingerprint density at radius 2 is 1.71 bits per heavy atom. The molecule has 0 aliphatic heterocycles. The van der Waals surface area contributed by atoms with E-state index in [9.17, 15) is 14.9 Å². The third-order valence-corrected chi connectivity index (χ3v) is 3.66. The van der Waals surface area contributed by atoms with Crippen LogP contribution in [-0.4, -0.2) is 28.7 Å². The van der Waals surface area contributed by atoms with Crippen LogP contribution in [0.15, 0.2) is 48.5 Å². The molecule has 28 heavy (non-hydrogen) atoms. The summed E-state index contributed by atoms with van der Waals surface area (Å²) in [7, 11) is 0. The van der Waals surface area contributed by atoms with Crippen molar-refractivity contribution in [2.45, 2.75) is 20.0 Å². The van der Waals surface area contributed by atoms with Crippen LogP contribution in [-0.2, 0) is 4.79 Å². The highest BCUT2D eigenvalue weighted by Crippen LogP contribution is 2.18. The van der Waals surface area contributed by atoms with Gasteiger partial charge in [-0.2, -0.15) is 0 Å². The van der Waals surface area contributed by atoms with E-state index in [0.717, 1.165) is 5.75 Å². The quantitative estimate of drug-likeness (QED) is 0.367. The maximum Gasteiger partial charge on any atom is 0.279 e. The zero-order valence-corrected chi connectivity index (χ0v) is 16.1. The number of amides is 1. The summed E-state index contributed by atoms with van der Waals surface area (Å²) in [5.41, 5.74) is 5.49. The van der Waals surface area contributed by atoms with Crippen molar-refractivity contribution in [3.63, 3.8) is 0 Å². The van der Waals surface area contributed by atoms with Gasteiger partial charge in [-0.05, 0) is 62.5 Å². The molecule has 0 aromatic heterocycles. The Labute approximate surface area is 167 Å². The first-order valence-electron chi connectivity index (χ1n) is 8.40. The van der Waals surface area contributed by atoms with Crippen LogP contribution < -0.4 is 25.6 Å². The molecular weight excluding hydrogens is 384 g/mol. The highest BCUT2D eigenvalue weighted by molar-refractivity contribution is 7.80. The molecule has 148 valence electrons. The number of nitro benzene ring substituents is 1. The first kappa shape index (κ1) is 20.9. The van der Waals surface area contributed by atoms with Crippen LogP contribution in [0.1, 0.15) is 13.8 Å². The number of thiocarbonyl (C=S) groups is 1. The van der Waals surface area contributed by atoms with Gasteiger partial charge in [-0.3, -0.25) is 25.8 Å². The fraction of sp³-hybridized carbons (Fsp3) is 0.222. The topological polar surface area (TPSA) is 115 Å². The number of hydrazine groups is 1. The number of hydrogen-bond donors (Lipinski definition) is 3. The molecule has 1 atom stereocenters. The summed E-state index contributed by atoms with van der Waals surface area (Å²) in [5, 5.41) is 13.6. The second-order valence-corrected chi connectivity index (χ2v) is 5.95. The van der Waals surface area contributed by atoms with E-state index in [1.807, 2.05) is 6.92 Å². The molecule has 2 aromatic rings. The van der Waals surface area contributed by atoms with Gasteiger partial charge in [0.2, 0.25) is 0 Å². The van der Waals surface area contributed by atoms with Crippen LogP contribution in [0.4, 0.5) is 11.4 Å². The molecule has 2 rings (SSSR count). The Bertz CT molecular complexity index is 827. The van der Waals surface area contributed by atoms with Gasteiger partial charge >= 0.3 is 0 Å². The van der Waals surface area contributed by atoms with Crippen LogP contribution in [0.3, 0.4) is 0 Å². The molecule has 0 saturated heterocycles.